The second-order valence-corrected chi connectivity index (χ2v) is 8.86. The molecule has 0 unspecified atom stereocenters. The van der Waals surface area contributed by atoms with E-state index in [-0.39, 0.29) is 11.2 Å². The number of hydrogen-bond acceptors (Lipinski definition) is 4. The number of hydrogen-bond donors (Lipinski definition) is 1. The van der Waals surface area contributed by atoms with E-state index in [0.29, 0.717) is 26.2 Å². The van der Waals surface area contributed by atoms with Crippen molar-refractivity contribution in [2.75, 3.05) is 25.5 Å². The zero-order valence-corrected chi connectivity index (χ0v) is 12.0. The number of sulfone groups is 1. The van der Waals surface area contributed by atoms with E-state index in [1.54, 1.807) is 20.8 Å². The molecule has 1 saturated heterocycles. The third kappa shape index (κ3) is 3.66. The highest BCUT2D eigenvalue weighted by Crippen LogP contribution is 2.34. The molecule has 0 radical (unpaired) electrons. The first kappa shape index (κ1) is 14.9. The molecule has 102 valence electrons. The molecule has 0 saturated carbocycles. The first-order valence-corrected chi connectivity index (χ1v) is 7.88. The number of nitrogens with two attached hydrogens (primary N) is 1. The minimum absolute atomic E-state index is 0.0312. The van der Waals surface area contributed by atoms with E-state index in [1.165, 1.54) is 0 Å². The van der Waals surface area contributed by atoms with Crippen LogP contribution in [0.3, 0.4) is 0 Å². The predicted octanol–water partition coefficient (Wildman–Crippen LogP) is 1.35. The van der Waals surface area contributed by atoms with Gasteiger partial charge < -0.3 is 10.5 Å². The summed E-state index contributed by atoms with van der Waals surface area (Å²) in [4.78, 5) is 0. The summed E-state index contributed by atoms with van der Waals surface area (Å²) < 4.78 is 28.8. The van der Waals surface area contributed by atoms with E-state index in [9.17, 15) is 8.42 Å². The molecule has 0 spiro atoms. The topological polar surface area (TPSA) is 69.4 Å². The average Bonchev–Trinajstić information content (AvgIpc) is 2.26. The van der Waals surface area contributed by atoms with Crippen molar-refractivity contribution in [3.8, 4) is 0 Å². The van der Waals surface area contributed by atoms with E-state index < -0.39 is 14.6 Å². The fraction of sp³-hybridized carbons (Fsp3) is 1.00. The van der Waals surface area contributed by atoms with Gasteiger partial charge in [-0.1, -0.05) is 0 Å². The van der Waals surface area contributed by atoms with Crippen LogP contribution in [0.25, 0.3) is 0 Å². The summed E-state index contributed by atoms with van der Waals surface area (Å²) in [7, 11) is -3.04. The van der Waals surface area contributed by atoms with Crippen molar-refractivity contribution < 1.29 is 13.2 Å². The van der Waals surface area contributed by atoms with Gasteiger partial charge in [-0.15, -0.1) is 0 Å². The lowest BCUT2D eigenvalue weighted by Gasteiger charge is -2.36. The SMILES string of the molecule is CC(C)(C)S(=O)(=O)CCC1(CN)CCOCC1. The maximum atomic E-state index is 12.1. The Hall–Kier alpha value is -0.130. The van der Waals surface area contributed by atoms with Gasteiger partial charge >= 0.3 is 0 Å². The molecule has 0 atom stereocenters. The molecule has 1 aliphatic rings. The van der Waals surface area contributed by atoms with Crippen LogP contribution in [0, 0.1) is 5.41 Å². The lowest BCUT2D eigenvalue weighted by Crippen LogP contribution is -2.40. The fourth-order valence-electron chi connectivity index (χ4n) is 2.02. The summed E-state index contributed by atoms with van der Waals surface area (Å²) in [6.07, 6.45) is 2.42. The van der Waals surface area contributed by atoms with Gasteiger partial charge in [-0.3, -0.25) is 0 Å². The van der Waals surface area contributed by atoms with Crippen LogP contribution >= 0.6 is 0 Å². The highest BCUT2D eigenvalue weighted by atomic mass is 32.2. The van der Waals surface area contributed by atoms with Gasteiger partial charge in [0.2, 0.25) is 0 Å². The molecule has 1 fully saturated rings. The van der Waals surface area contributed by atoms with Gasteiger partial charge in [-0.05, 0) is 52.0 Å². The van der Waals surface area contributed by atoms with Crippen molar-refractivity contribution in [3.05, 3.63) is 0 Å². The third-order valence-corrected chi connectivity index (χ3v) is 6.43. The second kappa shape index (κ2) is 5.24. The van der Waals surface area contributed by atoms with Gasteiger partial charge in [0, 0.05) is 13.2 Å². The summed E-state index contributed by atoms with van der Waals surface area (Å²) in [5.41, 5.74) is 5.80. The van der Waals surface area contributed by atoms with Crippen molar-refractivity contribution in [3.63, 3.8) is 0 Å². The fourth-order valence-corrected chi connectivity index (χ4v) is 3.33. The zero-order valence-electron chi connectivity index (χ0n) is 11.2. The van der Waals surface area contributed by atoms with Crippen LogP contribution in [0.1, 0.15) is 40.0 Å². The van der Waals surface area contributed by atoms with E-state index >= 15 is 0 Å². The quantitative estimate of drug-likeness (QED) is 0.831. The van der Waals surface area contributed by atoms with Crippen LogP contribution in [0.5, 0.6) is 0 Å². The van der Waals surface area contributed by atoms with E-state index in [1.807, 2.05) is 0 Å². The monoisotopic (exact) mass is 263 g/mol. The van der Waals surface area contributed by atoms with Gasteiger partial charge in [0.25, 0.3) is 0 Å². The molecule has 0 aromatic carbocycles. The Balaban J connectivity index is 2.65. The van der Waals surface area contributed by atoms with Crippen molar-refractivity contribution in [2.24, 2.45) is 11.1 Å². The van der Waals surface area contributed by atoms with Crippen LogP contribution in [0.15, 0.2) is 0 Å². The molecular weight excluding hydrogens is 238 g/mol. The molecule has 0 aromatic heterocycles. The van der Waals surface area contributed by atoms with Gasteiger partial charge in [-0.2, -0.15) is 0 Å². The molecule has 0 aliphatic carbocycles. The molecule has 5 heteroatoms. The van der Waals surface area contributed by atoms with E-state index in [2.05, 4.69) is 0 Å². The van der Waals surface area contributed by atoms with Crippen molar-refractivity contribution in [2.45, 2.75) is 44.8 Å². The highest BCUT2D eigenvalue weighted by molar-refractivity contribution is 7.92. The van der Waals surface area contributed by atoms with Crippen LogP contribution in [0.4, 0.5) is 0 Å². The summed E-state index contributed by atoms with van der Waals surface area (Å²) in [5.74, 6) is 0.230. The summed E-state index contributed by atoms with van der Waals surface area (Å²) in [6.45, 7) is 7.21. The summed E-state index contributed by atoms with van der Waals surface area (Å²) in [5, 5.41) is 0. The Morgan fingerprint density at radius 1 is 1.24 bits per heavy atom. The van der Waals surface area contributed by atoms with E-state index in [0.717, 1.165) is 12.8 Å². The standard InChI is InChI=1S/C12H25NO3S/c1-11(2,3)17(14,15)9-6-12(10-13)4-7-16-8-5-12/h4-10,13H2,1-3H3. The lowest BCUT2D eigenvalue weighted by atomic mass is 9.78. The largest absolute Gasteiger partial charge is 0.381 e. The van der Waals surface area contributed by atoms with Gasteiger partial charge in [0.15, 0.2) is 9.84 Å². The summed E-state index contributed by atoms with van der Waals surface area (Å²) >= 11 is 0. The third-order valence-electron chi connectivity index (χ3n) is 3.82. The van der Waals surface area contributed by atoms with Crippen molar-refractivity contribution in [1.82, 2.24) is 0 Å². The highest BCUT2D eigenvalue weighted by Gasteiger charge is 2.35. The molecule has 2 N–H and O–H groups in total. The molecule has 1 rings (SSSR count). The molecular formula is C12H25NO3S. The zero-order chi connectivity index (χ0) is 13.2. The van der Waals surface area contributed by atoms with Crippen LogP contribution in [-0.4, -0.2) is 38.7 Å². The number of rotatable bonds is 4. The Morgan fingerprint density at radius 2 is 1.76 bits per heavy atom. The molecule has 1 aliphatic heterocycles. The normalized spacial score (nSPS) is 21.4. The smallest absolute Gasteiger partial charge is 0.155 e. The van der Waals surface area contributed by atoms with Crippen LogP contribution in [-0.2, 0) is 14.6 Å². The van der Waals surface area contributed by atoms with Crippen LogP contribution in [0.2, 0.25) is 0 Å². The Kier molecular flexibility index (Phi) is 4.60. The Morgan fingerprint density at radius 3 is 2.18 bits per heavy atom. The van der Waals surface area contributed by atoms with Gasteiger partial charge in [0.05, 0.1) is 10.5 Å². The van der Waals surface area contributed by atoms with Crippen molar-refractivity contribution in [1.29, 1.82) is 0 Å². The molecule has 17 heavy (non-hydrogen) atoms. The van der Waals surface area contributed by atoms with Gasteiger partial charge in [0.1, 0.15) is 0 Å². The Labute approximate surface area is 105 Å². The minimum atomic E-state index is -3.04. The first-order valence-electron chi connectivity index (χ1n) is 6.23. The predicted molar refractivity (Wildman–Crippen MR) is 69.7 cm³/mol. The lowest BCUT2D eigenvalue weighted by molar-refractivity contribution is 0.0174. The minimum Gasteiger partial charge on any atom is -0.381 e. The maximum absolute atomic E-state index is 12.1. The van der Waals surface area contributed by atoms with Crippen LogP contribution < -0.4 is 5.73 Å². The molecule has 0 aromatic rings. The number of ether oxygens (including phenoxy) is 1. The molecule has 0 amide bonds. The second-order valence-electron chi connectivity index (χ2n) is 6.00. The molecule has 4 nitrogen and oxygen atoms in total. The Bertz CT molecular complexity index is 337. The molecule has 0 bridgehead atoms. The summed E-state index contributed by atoms with van der Waals surface area (Å²) in [6, 6.07) is 0. The van der Waals surface area contributed by atoms with Gasteiger partial charge in [-0.25, -0.2) is 8.42 Å². The average molecular weight is 263 g/mol. The maximum Gasteiger partial charge on any atom is 0.155 e. The first-order chi connectivity index (χ1) is 7.72. The van der Waals surface area contributed by atoms with E-state index in [4.69, 9.17) is 10.5 Å². The molecule has 1 heterocycles. The van der Waals surface area contributed by atoms with Crippen molar-refractivity contribution >= 4 is 9.84 Å².